The van der Waals surface area contributed by atoms with Crippen molar-refractivity contribution in [1.82, 2.24) is 0 Å². The number of ether oxygens (including phenoxy) is 2. The minimum absolute atomic E-state index is 0.222. The highest BCUT2D eigenvalue weighted by molar-refractivity contribution is 9.10. The molecule has 0 fully saturated rings. The summed E-state index contributed by atoms with van der Waals surface area (Å²) in [5.74, 6) is -0.104. The van der Waals surface area contributed by atoms with E-state index >= 15 is 0 Å². The number of hydrogen-bond donors (Lipinski definition) is 0. The number of carbonyl (C=O) groups is 1. The zero-order chi connectivity index (χ0) is 13.7. The molecule has 5 heteroatoms. The average molecular weight is 325 g/mol. The van der Waals surface area contributed by atoms with Crippen molar-refractivity contribution in [2.75, 3.05) is 6.61 Å². The Morgan fingerprint density at radius 1 is 1.11 bits per heavy atom. The summed E-state index contributed by atoms with van der Waals surface area (Å²) >= 11 is 3.30. The van der Waals surface area contributed by atoms with Crippen LogP contribution in [0.15, 0.2) is 53.0 Å². The fourth-order valence-electron chi connectivity index (χ4n) is 1.36. The normalized spacial score (nSPS) is 10.0. The topological polar surface area (TPSA) is 35.5 Å². The van der Waals surface area contributed by atoms with Gasteiger partial charge in [0.2, 0.25) is 0 Å². The van der Waals surface area contributed by atoms with Crippen molar-refractivity contribution in [1.29, 1.82) is 0 Å². The summed E-state index contributed by atoms with van der Waals surface area (Å²) in [6.45, 7) is -0.222. The molecule has 2 rings (SSSR count). The number of benzene rings is 2. The van der Waals surface area contributed by atoms with Crippen molar-refractivity contribution in [3.8, 4) is 11.5 Å². The molecular formula is C14H10BrFO3. The second-order valence-electron chi connectivity index (χ2n) is 3.65. The second-order valence-corrected chi connectivity index (χ2v) is 4.50. The number of para-hydroxylation sites is 1. The van der Waals surface area contributed by atoms with Crippen molar-refractivity contribution in [2.45, 2.75) is 0 Å². The minimum atomic E-state index is -0.553. The van der Waals surface area contributed by atoms with Gasteiger partial charge >= 0.3 is 5.97 Å². The van der Waals surface area contributed by atoms with E-state index in [0.717, 1.165) is 4.47 Å². The highest BCUT2D eigenvalue weighted by Crippen LogP contribution is 2.23. The average Bonchev–Trinajstić information content (AvgIpc) is 2.40. The molecule has 0 spiro atoms. The molecule has 0 unspecified atom stereocenters. The molecule has 0 aliphatic heterocycles. The van der Waals surface area contributed by atoms with Gasteiger partial charge in [0.25, 0.3) is 0 Å². The summed E-state index contributed by atoms with van der Waals surface area (Å²) in [4.78, 5) is 11.5. The van der Waals surface area contributed by atoms with Crippen LogP contribution in [0.2, 0.25) is 0 Å². The van der Waals surface area contributed by atoms with Gasteiger partial charge in [0.1, 0.15) is 17.3 Å². The molecule has 0 N–H and O–H groups in total. The number of carbonyl (C=O) groups excluding carboxylic acids is 1. The Hall–Kier alpha value is -1.88. The quantitative estimate of drug-likeness (QED) is 0.637. The van der Waals surface area contributed by atoms with Crippen LogP contribution in [0.25, 0.3) is 0 Å². The third-order valence-corrected chi connectivity index (χ3v) is 2.88. The molecule has 0 aliphatic carbocycles. The number of hydrogen-bond acceptors (Lipinski definition) is 3. The predicted molar refractivity (Wildman–Crippen MR) is 71.7 cm³/mol. The molecule has 0 bridgehead atoms. The zero-order valence-electron chi connectivity index (χ0n) is 9.81. The summed E-state index contributed by atoms with van der Waals surface area (Å²) in [6, 6.07) is 12.4. The smallest absolute Gasteiger partial charge is 0.349 e. The van der Waals surface area contributed by atoms with Gasteiger partial charge < -0.3 is 9.47 Å². The lowest BCUT2D eigenvalue weighted by molar-refractivity contribution is -0.136. The summed E-state index contributed by atoms with van der Waals surface area (Å²) < 4.78 is 23.7. The SMILES string of the molecule is O=C(COc1ccccc1Br)Oc1ccc(F)cc1. The lowest BCUT2D eigenvalue weighted by Crippen LogP contribution is -2.17. The number of halogens is 2. The molecule has 0 saturated heterocycles. The Labute approximate surface area is 118 Å². The van der Waals surface area contributed by atoms with Crippen molar-refractivity contribution >= 4 is 21.9 Å². The second kappa shape index (κ2) is 6.33. The summed E-state index contributed by atoms with van der Waals surface area (Å²) in [7, 11) is 0. The molecule has 2 aromatic carbocycles. The standard InChI is InChI=1S/C14H10BrFO3/c15-12-3-1-2-4-13(12)18-9-14(17)19-11-7-5-10(16)6-8-11/h1-8H,9H2. The van der Waals surface area contributed by atoms with E-state index in [1.807, 2.05) is 6.07 Å². The number of esters is 1. The van der Waals surface area contributed by atoms with E-state index in [-0.39, 0.29) is 18.2 Å². The first-order valence-corrected chi connectivity index (χ1v) is 6.28. The molecule has 0 aromatic heterocycles. The maximum Gasteiger partial charge on any atom is 0.349 e. The van der Waals surface area contributed by atoms with Crippen molar-refractivity contribution in [2.24, 2.45) is 0 Å². The van der Waals surface area contributed by atoms with E-state index in [9.17, 15) is 9.18 Å². The fraction of sp³-hybridized carbons (Fsp3) is 0.0714. The van der Waals surface area contributed by atoms with E-state index in [0.29, 0.717) is 5.75 Å². The van der Waals surface area contributed by atoms with Crippen LogP contribution in [-0.4, -0.2) is 12.6 Å². The first kappa shape index (κ1) is 13.5. The van der Waals surface area contributed by atoms with Crippen LogP contribution in [0.4, 0.5) is 4.39 Å². The van der Waals surface area contributed by atoms with Crippen molar-refractivity contribution in [3.05, 3.63) is 58.8 Å². The van der Waals surface area contributed by atoms with Gasteiger partial charge in [0, 0.05) is 0 Å². The van der Waals surface area contributed by atoms with E-state index in [1.165, 1.54) is 24.3 Å². The summed E-state index contributed by atoms with van der Waals surface area (Å²) in [5.41, 5.74) is 0. The maximum absolute atomic E-state index is 12.7. The van der Waals surface area contributed by atoms with E-state index in [2.05, 4.69) is 15.9 Å². The molecule has 0 heterocycles. The van der Waals surface area contributed by atoms with Crippen molar-refractivity contribution in [3.63, 3.8) is 0 Å². The monoisotopic (exact) mass is 324 g/mol. The van der Waals surface area contributed by atoms with Gasteiger partial charge in [0.15, 0.2) is 6.61 Å². The summed E-state index contributed by atoms with van der Waals surface area (Å²) in [6.07, 6.45) is 0. The molecule has 19 heavy (non-hydrogen) atoms. The Morgan fingerprint density at radius 3 is 2.47 bits per heavy atom. The minimum Gasteiger partial charge on any atom is -0.481 e. The molecule has 0 radical (unpaired) electrons. The van der Waals surface area contributed by atoms with Gasteiger partial charge in [-0.15, -0.1) is 0 Å². The predicted octanol–water partition coefficient (Wildman–Crippen LogP) is 3.57. The fourth-order valence-corrected chi connectivity index (χ4v) is 1.76. The molecule has 3 nitrogen and oxygen atoms in total. The Balaban J connectivity index is 1.88. The van der Waals surface area contributed by atoms with Crippen LogP contribution in [0, 0.1) is 5.82 Å². The Morgan fingerprint density at radius 2 is 1.79 bits per heavy atom. The highest BCUT2D eigenvalue weighted by atomic mass is 79.9. The largest absolute Gasteiger partial charge is 0.481 e. The lowest BCUT2D eigenvalue weighted by Gasteiger charge is -2.07. The molecular weight excluding hydrogens is 315 g/mol. The first-order valence-electron chi connectivity index (χ1n) is 5.49. The third-order valence-electron chi connectivity index (χ3n) is 2.23. The molecule has 0 amide bonds. The maximum atomic E-state index is 12.7. The summed E-state index contributed by atoms with van der Waals surface area (Å²) in [5, 5.41) is 0. The Bertz CT molecular complexity index is 569. The molecule has 0 saturated carbocycles. The Kier molecular flexibility index (Phi) is 4.52. The van der Waals surface area contributed by atoms with E-state index < -0.39 is 5.97 Å². The van der Waals surface area contributed by atoms with E-state index in [4.69, 9.17) is 9.47 Å². The van der Waals surface area contributed by atoms with Gasteiger partial charge in [-0.2, -0.15) is 0 Å². The van der Waals surface area contributed by atoms with Crippen LogP contribution < -0.4 is 9.47 Å². The van der Waals surface area contributed by atoms with E-state index in [1.54, 1.807) is 18.2 Å². The van der Waals surface area contributed by atoms with Crippen LogP contribution >= 0.6 is 15.9 Å². The van der Waals surface area contributed by atoms with Gasteiger partial charge in [-0.25, -0.2) is 9.18 Å². The van der Waals surface area contributed by atoms with Gasteiger partial charge in [-0.05, 0) is 52.3 Å². The van der Waals surface area contributed by atoms with Crippen molar-refractivity contribution < 1.29 is 18.7 Å². The molecule has 98 valence electrons. The van der Waals surface area contributed by atoms with Gasteiger partial charge in [-0.3, -0.25) is 0 Å². The third kappa shape index (κ3) is 4.06. The zero-order valence-corrected chi connectivity index (χ0v) is 11.4. The van der Waals surface area contributed by atoms with Gasteiger partial charge in [0.05, 0.1) is 4.47 Å². The number of rotatable bonds is 4. The van der Waals surface area contributed by atoms with Crippen LogP contribution in [0.1, 0.15) is 0 Å². The van der Waals surface area contributed by atoms with Crippen LogP contribution in [0.3, 0.4) is 0 Å². The molecule has 2 aromatic rings. The molecule has 0 atom stereocenters. The van der Waals surface area contributed by atoms with Crippen LogP contribution in [-0.2, 0) is 4.79 Å². The first-order chi connectivity index (χ1) is 9.15. The highest BCUT2D eigenvalue weighted by Gasteiger charge is 2.07. The molecule has 0 aliphatic rings. The lowest BCUT2D eigenvalue weighted by atomic mass is 10.3. The van der Waals surface area contributed by atoms with Crippen LogP contribution in [0.5, 0.6) is 11.5 Å². The van der Waals surface area contributed by atoms with Gasteiger partial charge in [-0.1, -0.05) is 12.1 Å².